The van der Waals surface area contributed by atoms with E-state index in [-0.39, 0.29) is 0 Å². The van der Waals surface area contributed by atoms with E-state index in [0.717, 1.165) is 23.1 Å². The second kappa shape index (κ2) is 4.50. The third-order valence-electron chi connectivity index (χ3n) is 1.95. The number of aromatic nitrogens is 3. The van der Waals surface area contributed by atoms with Crippen LogP contribution in [0.2, 0.25) is 0 Å². The van der Waals surface area contributed by atoms with Gasteiger partial charge in [0.2, 0.25) is 0 Å². The molecule has 1 N–H and O–H groups in total. The molecule has 2 aromatic rings. The quantitative estimate of drug-likeness (QED) is 0.773. The largest absolute Gasteiger partial charge is 0.343 e. The zero-order valence-electron chi connectivity index (χ0n) is 8.51. The van der Waals surface area contributed by atoms with Crippen molar-refractivity contribution in [1.82, 2.24) is 15.0 Å². The summed E-state index contributed by atoms with van der Waals surface area (Å²) < 4.78 is 0. The van der Waals surface area contributed by atoms with Crippen molar-refractivity contribution in [1.29, 1.82) is 0 Å². The van der Waals surface area contributed by atoms with Crippen molar-refractivity contribution in [3.8, 4) is 0 Å². The summed E-state index contributed by atoms with van der Waals surface area (Å²) in [5.41, 5.74) is 2.73. The van der Waals surface area contributed by atoms with Crippen molar-refractivity contribution >= 4 is 23.3 Å². The van der Waals surface area contributed by atoms with E-state index in [9.17, 15) is 0 Å². The summed E-state index contributed by atoms with van der Waals surface area (Å²) in [5, 5.41) is 0. The lowest BCUT2D eigenvalue weighted by molar-refractivity contribution is 1.30. The standard InChI is InChI=1S/C11H12N4/c1-2-4-12-5-3-9-6-10-11(7-13-9)15-8-14-10/h3-8H,2H2,1H3,(H,14,15)/b5-3+,12-4?. The summed E-state index contributed by atoms with van der Waals surface area (Å²) in [5.74, 6) is 0. The third kappa shape index (κ3) is 2.28. The van der Waals surface area contributed by atoms with Gasteiger partial charge in [-0.3, -0.25) is 9.98 Å². The van der Waals surface area contributed by atoms with Gasteiger partial charge in [0.05, 0.1) is 29.3 Å². The molecule has 0 aliphatic carbocycles. The maximum Gasteiger partial charge on any atom is 0.0932 e. The number of H-pyrrole nitrogens is 1. The molecule has 0 fully saturated rings. The van der Waals surface area contributed by atoms with Gasteiger partial charge in [-0.05, 0) is 18.6 Å². The van der Waals surface area contributed by atoms with E-state index >= 15 is 0 Å². The molecule has 2 aromatic heterocycles. The fourth-order valence-electron chi connectivity index (χ4n) is 1.23. The van der Waals surface area contributed by atoms with Crippen molar-refractivity contribution < 1.29 is 0 Å². The summed E-state index contributed by atoms with van der Waals surface area (Å²) in [6.45, 7) is 2.05. The Labute approximate surface area is 87.8 Å². The predicted octanol–water partition coefficient (Wildman–Crippen LogP) is 2.41. The number of aliphatic imine (C=N–C) groups is 1. The first-order chi connectivity index (χ1) is 7.40. The van der Waals surface area contributed by atoms with Crippen molar-refractivity contribution in [2.75, 3.05) is 0 Å². The first-order valence-corrected chi connectivity index (χ1v) is 4.87. The first kappa shape index (κ1) is 9.58. The second-order valence-corrected chi connectivity index (χ2v) is 3.08. The first-order valence-electron chi connectivity index (χ1n) is 4.87. The average molecular weight is 200 g/mol. The van der Waals surface area contributed by atoms with Crippen molar-refractivity contribution in [2.24, 2.45) is 4.99 Å². The molecule has 0 aliphatic heterocycles. The minimum atomic E-state index is 0.864. The summed E-state index contributed by atoms with van der Waals surface area (Å²) in [7, 11) is 0. The average Bonchev–Trinajstić information content (AvgIpc) is 2.71. The van der Waals surface area contributed by atoms with Crippen LogP contribution >= 0.6 is 0 Å². The van der Waals surface area contributed by atoms with Gasteiger partial charge < -0.3 is 4.98 Å². The molecule has 0 spiro atoms. The number of hydrogen-bond donors (Lipinski definition) is 1. The van der Waals surface area contributed by atoms with Crippen LogP contribution in [0.5, 0.6) is 0 Å². The molecule has 0 radical (unpaired) electrons. The molecular weight excluding hydrogens is 188 g/mol. The van der Waals surface area contributed by atoms with Crippen LogP contribution in [0.25, 0.3) is 17.1 Å². The molecule has 0 aliphatic rings. The van der Waals surface area contributed by atoms with E-state index in [2.05, 4.69) is 19.9 Å². The van der Waals surface area contributed by atoms with Gasteiger partial charge in [-0.15, -0.1) is 0 Å². The highest BCUT2D eigenvalue weighted by atomic mass is 14.9. The Hall–Kier alpha value is -1.97. The van der Waals surface area contributed by atoms with Gasteiger partial charge in [0.1, 0.15) is 0 Å². The van der Waals surface area contributed by atoms with Gasteiger partial charge in [0.15, 0.2) is 0 Å². The molecule has 76 valence electrons. The minimum Gasteiger partial charge on any atom is -0.343 e. The number of nitrogens with one attached hydrogen (secondary N) is 1. The lowest BCUT2D eigenvalue weighted by Gasteiger charge is -1.91. The van der Waals surface area contributed by atoms with Crippen molar-refractivity contribution in [3.05, 3.63) is 30.5 Å². The lowest BCUT2D eigenvalue weighted by Crippen LogP contribution is -1.80. The number of rotatable bonds is 3. The fraction of sp³-hybridized carbons (Fsp3) is 0.182. The van der Waals surface area contributed by atoms with Gasteiger partial charge in [-0.2, -0.15) is 0 Å². The Morgan fingerprint density at radius 1 is 1.47 bits per heavy atom. The van der Waals surface area contributed by atoms with Crippen molar-refractivity contribution in [2.45, 2.75) is 13.3 Å². The van der Waals surface area contributed by atoms with Gasteiger partial charge >= 0.3 is 0 Å². The smallest absolute Gasteiger partial charge is 0.0932 e. The molecule has 0 saturated heterocycles. The minimum absolute atomic E-state index is 0.864. The SMILES string of the molecule is CCC=N/C=C/c1cc2nc[nH]c2cn1. The monoisotopic (exact) mass is 200 g/mol. The Morgan fingerprint density at radius 2 is 2.40 bits per heavy atom. The van der Waals surface area contributed by atoms with E-state index in [1.807, 2.05) is 25.3 Å². The molecule has 0 unspecified atom stereocenters. The van der Waals surface area contributed by atoms with Crippen LogP contribution in [0.3, 0.4) is 0 Å². The molecule has 2 rings (SSSR count). The van der Waals surface area contributed by atoms with Crippen LogP contribution < -0.4 is 0 Å². The number of pyridine rings is 1. The van der Waals surface area contributed by atoms with Crippen LogP contribution in [0.4, 0.5) is 0 Å². The Kier molecular flexibility index (Phi) is 2.88. The topological polar surface area (TPSA) is 53.9 Å². The van der Waals surface area contributed by atoms with E-state index in [1.165, 1.54) is 0 Å². The van der Waals surface area contributed by atoms with Gasteiger partial charge in [0, 0.05) is 12.4 Å². The zero-order valence-corrected chi connectivity index (χ0v) is 8.51. The summed E-state index contributed by atoms with van der Waals surface area (Å²) in [4.78, 5) is 15.5. The molecule has 0 aromatic carbocycles. The summed E-state index contributed by atoms with van der Waals surface area (Å²) in [6, 6.07) is 1.92. The van der Waals surface area contributed by atoms with Crippen LogP contribution in [0.15, 0.2) is 29.8 Å². The molecule has 4 nitrogen and oxygen atoms in total. The predicted molar refractivity (Wildman–Crippen MR) is 61.7 cm³/mol. The summed E-state index contributed by atoms with van der Waals surface area (Å²) in [6.07, 6.45) is 9.82. The Bertz CT molecular complexity index is 496. The number of nitrogens with zero attached hydrogens (tertiary/aromatic N) is 3. The van der Waals surface area contributed by atoms with Gasteiger partial charge in [-0.1, -0.05) is 6.92 Å². The van der Waals surface area contributed by atoms with E-state index in [0.29, 0.717) is 0 Å². The lowest BCUT2D eigenvalue weighted by atomic mass is 10.3. The van der Waals surface area contributed by atoms with Gasteiger partial charge in [0.25, 0.3) is 0 Å². The second-order valence-electron chi connectivity index (χ2n) is 3.08. The van der Waals surface area contributed by atoms with E-state index in [1.54, 1.807) is 18.7 Å². The van der Waals surface area contributed by atoms with Crippen LogP contribution in [0.1, 0.15) is 19.0 Å². The Morgan fingerprint density at radius 3 is 3.27 bits per heavy atom. The van der Waals surface area contributed by atoms with E-state index in [4.69, 9.17) is 0 Å². The van der Waals surface area contributed by atoms with Gasteiger partial charge in [-0.25, -0.2) is 4.98 Å². The molecule has 2 heterocycles. The third-order valence-corrected chi connectivity index (χ3v) is 1.95. The number of hydrogen-bond acceptors (Lipinski definition) is 3. The van der Waals surface area contributed by atoms with Crippen LogP contribution in [-0.2, 0) is 0 Å². The maximum atomic E-state index is 4.24. The molecule has 0 saturated carbocycles. The molecule has 0 amide bonds. The molecule has 0 bridgehead atoms. The normalized spacial score (nSPS) is 12.1. The molecule has 0 atom stereocenters. The summed E-state index contributed by atoms with van der Waals surface area (Å²) >= 11 is 0. The number of aromatic amines is 1. The molecular formula is C11H12N4. The van der Waals surface area contributed by atoms with Crippen LogP contribution in [0, 0.1) is 0 Å². The Balaban J connectivity index is 2.21. The highest BCUT2D eigenvalue weighted by molar-refractivity contribution is 5.75. The maximum absolute atomic E-state index is 4.24. The highest BCUT2D eigenvalue weighted by Gasteiger charge is 1.96. The number of imidazole rings is 1. The fourth-order valence-corrected chi connectivity index (χ4v) is 1.23. The van der Waals surface area contributed by atoms with E-state index < -0.39 is 0 Å². The number of fused-ring (bicyclic) bond motifs is 1. The molecule has 15 heavy (non-hydrogen) atoms. The molecule has 4 heteroatoms. The van der Waals surface area contributed by atoms with Crippen molar-refractivity contribution in [3.63, 3.8) is 0 Å². The zero-order chi connectivity index (χ0) is 10.5. The van der Waals surface area contributed by atoms with Crippen LogP contribution in [-0.4, -0.2) is 21.2 Å². The highest BCUT2D eigenvalue weighted by Crippen LogP contribution is 2.09.